The summed E-state index contributed by atoms with van der Waals surface area (Å²) in [6.07, 6.45) is 3.00. The van der Waals surface area contributed by atoms with E-state index in [-0.39, 0.29) is 18.6 Å². The monoisotopic (exact) mass is 254 g/mol. The molecule has 4 rings (SSSR count). The number of amides is 1. The number of carbonyl (C=O) groups excluding carboxylic acids is 1. The molecule has 1 aromatic heterocycles. The molecule has 1 atom stereocenters. The van der Waals surface area contributed by atoms with E-state index in [0.29, 0.717) is 0 Å². The van der Waals surface area contributed by atoms with Gasteiger partial charge in [-0.1, -0.05) is 18.2 Å². The Morgan fingerprint density at radius 3 is 3.16 bits per heavy atom. The molecule has 4 nitrogen and oxygen atoms in total. The van der Waals surface area contributed by atoms with Crippen LogP contribution in [0.25, 0.3) is 10.9 Å². The summed E-state index contributed by atoms with van der Waals surface area (Å²) < 4.78 is 5.72. The maximum absolute atomic E-state index is 11.8. The van der Waals surface area contributed by atoms with Crippen molar-refractivity contribution in [1.82, 2.24) is 4.98 Å². The maximum Gasteiger partial charge on any atom is 0.250 e. The van der Waals surface area contributed by atoms with Gasteiger partial charge in [-0.15, -0.1) is 0 Å². The van der Waals surface area contributed by atoms with Gasteiger partial charge in [0.05, 0.1) is 17.3 Å². The fraction of sp³-hybridized carbons (Fsp3) is 0.333. The third-order valence-electron chi connectivity index (χ3n) is 3.89. The van der Waals surface area contributed by atoms with Crippen LogP contribution in [-0.4, -0.2) is 17.5 Å². The van der Waals surface area contributed by atoms with Crippen LogP contribution in [0.2, 0.25) is 0 Å². The van der Waals surface area contributed by atoms with E-state index < -0.39 is 0 Å². The second-order valence-electron chi connectivity index (χ2n) is 5.10. The molecule has 96 valence electrons. The van der Waals surface area contributed by atoms with Crippen LogP contribution in [0, 0.1) is 0 Å². The van der Waals surface area contributed by atoms with E-state index in [1.54, 1.807) is 0 Å². The second kappa shape index (κ2) is 4.03. The maximum atomic E-state index is 11.8. The molecule has 0 fully saturated rings. The van der Waals surface area contributed by atoms with E-state index in [4.69, 9.17) is 9.72 Å². The van der Waals surface area contributed by atoms with Gasteiger partial charge in [-0.25, -0.2) is 0 Å². The first-order valence-electron chi connectivity index (χ1n) is 6.66. The molecule has 2 heterocycles. The number of anilines is 1. The predicted molar refractivity (Wildman–Crippen MR) is 72.0 cm³/mol. The van der Waals surface area contributed by atoms with Crippen molar-refractivity contribution in [3.8, 4) is 0 Å². The molecule has 0 radical (unpaired) electrons. The topological polar surface area (TPSA) is 51.2 Å². The minimum Gasteiger partial charge on any atom is -0.364 e. The Balaban J connectivity index is 2.07. The molecular weight excluding hydrogens is 240 g/mol. The molecule has 1 aliphatic heterocycles. The van der Waals surface area contributed by atoms with E-state index in [9.17, 15) is 4.79 Å². The Hall–Kier alpha value is -1.94. The Morgan fingerprint density at radius 2 is 2.21 bits per heavy atom. The lowest BCUT2D eigenvalue weighted by atomic mass is 9.90. The molecule has 0 bridgehead atoms. The van der Waals surface area contributed by atoms with Gasteiger partial charge in [0.15, 0.2) is 0 Å². The van der Waals surface area contributed by atoms with Crippen molar-refractivity contribution >= 4 is 22.5 Å². The second-order valence-corrected chi connectivity index (χ2v) is 5.10. The highest BCUT2D eigenvalue weighted by Gasteiger charge is 2.30. The summed E-state index contributed by atoms with van der Waals surface area (Å²) in [5.74, 6) is -0.0760. The van der Waals surface area contributed by atoms with Gasteiger partial charge in [0.2, 0.25) is 5.91 Å². The van der Waals surface area contributed by atoms with E-state index in [1.807, 2.05) is 24.3 Å². The number of nitrogens with zero attached hydrogens (tertiary/aromatic N) is 1. The first kappa shape index (κ1) is 10.9. The zero-order chi connectivity index (χ0) is 12.8. The van der Waals surface area contributed by atoms with Gasteiger partial charge in [0.1, 0.15) is 6.61 Å². The number of aryl methyl sites for hydroxylation is 1. The minimum atomic E-state index is -0.0760. The molecule has 0 saturated carbocycles. The zero-order valence-electron chi connectivity index (χ0n) is 10.5. The van der Waals surface area contributed by atoms with Crippen LogP contribution >= 0.6 is 0 Å². The van der Waals surface area contributed by atoms with Crippen LogP contribution in [0.4, 0.5) is 5.69 Å². The van der Waals surface area contributed by atoms with Crippen molar-refractivity contribution in [2.75, 3.05) is 11.9 Å². The van der Waals surface area contributed by atoms with Crippen LogP contribution in [0.3, 0.4) is 0 Å². The number of nitrogens with one attached hydrogen (secondary N) is 1. The van der Waals surface area contributed by atoms with Gasteiger partial charge >= 0.3 is 0 Å². The van der Waals surface area contributed by atoms with Gasteiger partial charge in [-0.05, 0) is 25.3 Å². The average molecular weight is 254 g/mol. The number of aromatic nitrogens is 1. The van der Waals surface area contributed by atoms with E-state index in [2.05, 4.69) is 5.32 Å². The van der Waals surface area contributed by atoms with Crippen molar-refractivity contribution < 1.29 is 9.53 Å². The van der Waals surface area contributed by atoms with Crippen molar-refractivity contribution in [2.45, 2.75) is 25.4 Å². The summed E-state index contributed by atoms with van der Waals surface area (Å²) in [6, 6.07) is 7.95. The first-order valence-corrected chi connectivity index (χ1v) is 6.66. The molecule has 2 aliphatic rings. The van der Waals surface area contributed by atoms with Crippen LogP contribution in [0.1, 0.15) is 30.2 Å². The highest BCUT2D eigenvalue weighted by Crippen LogP contribution is 2.41. The molecule has 0 saturated heterocycles. The molecule has 1 N–H and O–H groups in total. The molecule has 1 unspecified atom stereocenters. The van der Waals surface area contributed by atoms with E-state index >= 15 is 0 Å². The van der Waals surface area contributed by atoms with Crippen LogP contribution in [0.5, 0.6) is 0 Å². The SMILES string of the molecule is O=C1COC2CCCc3nc4ccccc4c(c32)N1. The molecule has 19 heavy (non-hydrogen) atoms. The van der Waals surface area contributed by atoms with Gasteiger partial charge in [0.25, 0.3) is 0 Å². The van der Waals surface area contributed by atoms with Crippen molar-refractivity contribution in [1.29, 1.82) is 0 Å². The zero-order valence-corrected chi connectivity index (χ0v) is 10.5. The largest absolute Gasteiger partial charge is 0.364 e. The van der Waals surface area contributed by atoms with Crippen molar-refractivity contribution in [2.24, 2.45) is 0 Å². The lowest BCUT2D eigenvalue weighted by molar-refractivity contribution is -0.122. The molecule has 1 aromatic carbocycles. The van der Waals surface area contributed by atoms with E-state index in [1.165, 1.54) is 0 Å². The summed E-state index contributed by atoms with van der Waals surface area (Å²) >= 11 is 0. The summed E-state index contributed by atoms with van der Waals surface area (Å²) in [7, 11) is 0. The lowest BCUT2D eigenvalue weighted by Gasteiger charge is -2.25. The molecule has 0 spiro atoms. The number of pyridine rings is 1. The number of hydrogen-bond acceptors (Lipinski definition) is 3. The quantitative estimate of drug-likeness (QED) is 0.786. The Bertz CT molecular complexity index is 681. The molecule has 2 aromatic rings. The highest BCUT2D eigenvalue weighted by atomic mass is 16.5. The summed E-state index contributed by atoms with van der Waals surface area (Å²) in [4.78, 5) is 16.6. The van der Waals surface area contributed by atoms with Gasteiger partial charge in [-0.3, -0.25) is 9.78 Å². The normalized spacial score (nSPS) is 21.7. The number of hydrogen-bond donors (Lipinski definition) is 1. The highest BCUT2D eigenvalue weighted by molar-refractivity contribution is 6.03. The van der Waals surface area contributed by atoms with E-state index in [0.717, 1.165) is 47.1 Å². The standard InChI is InChI=1S/C15H14N2O2/c18-13-8-19-12-7-3-6-11-14(12)15(17-13)9-4-1-2-5-10(9)16-11/h1-2,4-5,12H,3,6-8H2,(H,17,18). The Morgan fingerprint density at radius 1 is 1.32 bits per heavy atom. The number of rotatable bonds is 0. The third-order valence-corrected chi connectivity index (χ3v) is 3.89. The summed E-state index contributed by atoms with van der Waals surface area (Å²) in [6.45, 7) is 0.132. The smallest absolute Gasteiger partial charge is 0.250 e. The number of para-hydroxylation sites is 1. The number of ether oxygens (including phenoxy) is 1. The number of carbonyl (C=O) groups is 1. The fourth-order valence-electron chi connectivity index (χ4n) is 3.07. The molecule has 1 amide bonds. The van der Waals surface area contributed by atoms with Crippen LogP contribution in [-0.2, 0) is 16.0 Å². The molecule has 1 aliphatic carbocycles. The van der Waals surface area contributed by atoms with Crippen LogP contribution in [0.15, 0.2) is 24.3 Å². The minimum absolute atomic E-state index is 0.00908. The fourth-order valence-corrected chi connectivity index (χ4v) is 3.07. The predicted octanol–water partition coefficient (Wildman–Crippen LogP) is 2.58. The van der Waals surface area contributed by atoms with Crippen molar-refractivity contribution in [3.05, 3.63) is 35.5 Å². The number of fused-ring (bicyclic) bond motifs is 2. The average Bonchev–Trinajstić information content (AvgIpc) is 2.60. The summed E-state index contributed by atoms with van der Waals surface area (Å²) in [5, 5.41) is 4.01. The number of benzene rings is 1. The summed E-state index contributed by atoms with van der Waals surface area (Å²) in [5.41, 5.74) is 4.02. The van der Waals surface area contributed by atoms with Gasteiger partial charge < -0.3 is 10.1 Å². The Kier molecular flexibility index (Phi) is 2.32. The Labute approximate surface area is 110 Å². The van der Waals surface area contributed by atoms with Gasteiger partial charge in [0, 0.05) is 16.6 Å². The molecular formula is C15H14N2O2. The van der Waals surface area contributed by atoms with Crippen molar-refractivity contribution in [3.63, 3.8) is 0 Å². The molecule has 4 heteroatoms. The third kappa shape index (κ3) is 1.64. The lowest BCUT2D eigenvalue weighted by Crippen LogP contribution is -2.15. The van der Waals surface area contributed by atoms with Gasteiger partial charge in [-0.2, -0.15) is 0 Å². The first-order chi connectivity index (χ1) is 9.33. The van der Waals surface area contributed by atoms with Crippen LogP contribution < -0.4 is 5.32 Å².